The lowest BCUT2D eigenvalue weighted by molar-refractivity contribution is -0.129. The van der Waals surface area contributed by atoms with Gasteiger partial charge in [0.15, 0.2) is 11.5 Å². The molecule has 26 heavy (non-hydrogen) atoms. The van der Waals surface area contributed by atoms with Gasteiger partial charge in [0.05, 0.1) is 5.69 Å². The number of rotatable bonds is 3. The van der Waals surface area contributed by atoms with Crippen molar-refractivity contribution in [1.82, 2.24) is 19.7 Å². The van der Waals surface area contributed by atoms with E-state index < -0.39 is 0 Å². The first-order chi connectivity index (χ1) is 12.8. The molecule has 136 valence electrons. The number of carbonyl (C=O) groups excluding carboxylic acids is 1. The van der Waals surface area contributed by atoms with Gasteiger partial charge in [0.1, 0.15) is 25.4 Å². The molecule has 2 fully saturated rings. The maximum absolute atomic E-state index is 12.5. The highest BCUT2D eigenvalue weighted by atomic mass is 16.6. The second-order valence-corrected chi connectivity index (χ2v) is 7.24. The van der Waals surface area contributed by atoms with Crippen LogP contribution in [0.2, 0.25) is 0 Å². The third kappa shape index (κ3) is 2.62. The average molecular weight is 354 g/mol. The van der Waals surface area contributed by atoms with Crippen LogP contribution in [-0.4, -0.2) is 51.4 Å². The Balaban J connectivity index is 1.42. The molecule has 0 N–H and O–H groups in total. The lowest BCUT2D eigenvalue weighted by atomic mass is 10.1. The van der Waals surface area contributed by atoms with Gasteiger partial charge in [-0.1, -0.05) is 12.8 Å². The van der Waals surface area contributed by atoms with Crippen molar-refractivity contribution in [2.75, 3.05) is 19.8 Å². The lowest BCUT2D eigenvalue weighted by Crippen LogP contribution is -2.34. The van der Waals surface area contributed by atoms with Crippen LogP contribution < -0.4 is 9.47 Å². The molecule has 0 spiro atoms. The highest BCUT2D eigenvalue weighted by Gasteiger charge is 2.38. The van der Waals surface area contributed by atoms with Crippen LogP contribution in [0.25, 0.3) is 5.69 Å². The van der Waals surface area contributed by atoms with Gasteiger partial charge in [0.25, 0.3) is 0 Å². The first-order valence-electron chi connectivity index (χ1n) is 9.39. The number of aromatic nitrogens is 3. The monoisotopic (exact) mass is 354 g/mol. The molecule has 7 heteroatoms. The van der Waals surface area contributed by atoms with Crippen LogP contribution in [-0.2, 0) is 4.79 Å². The Bertz CT molecular complexity index is 828. The summed E-state index contributed by atoms with van der Waals surface area (Å²) >= 11 is 0. The van der Waals surface area contributed by atoms with Crippen LogP contribution in [0, 0.1) is 0 Å². The second-order valence-electron chi connectivity index (χ2n) is 7.24. The topological polar surface area (TPSA) is 69.5 Å². The van der Waals surface area contributed by atoms with Crippen LogP contribution in [0.1, 0.15) is 43.8 Å². The minimum absolute atomic E-state index is 0.0822. The van der Waals surface area contributed by atoms with E-state index >= 15 is 0 Å². The Morgan fingerprint density at radius 3 is 2.73 bits per heavy atom. The van der Waals surface area contributed by atoms with Gasteiger partial charge in [-0.2, -0.15) is 5.10 Å². The third-order valence-electron chi connectivity index (χ3n) is 5.63. The first kappa shape index (κ1) is 15.7. The van der Waals surface area contributed by atoms with Crippen LogP contribution in [0.3, 0.4) is 0 Å². The molecule has 1 saturated carbocycles. The van der Waals surface area contributed by atoms with E-state index in [4.69, 9.17) is 9.47 Å². The van der Waals surface area contributed by atoms with Crippen LogP contribution in [0.15, 0.2) is 24.5 Å². The third-order valence-corrected chi connectivity index (χ3v) is 5.63. The minimum atomic E-state index is 0.0822. The van der Waals surface area contributed by atoms with Gasteiger partial charge in [0.2, 0.25) is 5.91 Å². The highest BCUT2D eigenvalue weighted by molar-refractivity contribution is 5.80. The van der Waals surface area contributed by atoms with Gasteiger partial charge in [-0.3, -0.25) is 4.79 Å². The van der Waals surface area contributed by atoms with Gasteiger partial charge in [-0.05, 0) is 25.0 Å². The van der Waals surface area contributed by atoms with E-state index in [1.54, 1.807) is 6.33 Å². The zero-order chi connectivity index (χ0) is 17.5. The summed E-state index contributed by atoms with van der Waals surface area (Å²) in [7, 11) is 0. The molecular weight excluding hydrogens is 332 g/mol. The van der Waals surface area contributed by atoms with E-state index in [0.717, 1.165) is 42.4 Å². The number of benzene rings is 1. The summed E-state index contributed by atoms with van der Waals surface area (Å²) in [5, 5.41) is 4.41. The fourth-order valence-electron chi connectivity index (χ4n) is 4.36. The molecule has 0 radical (unpaired) electrons. The average Bonchev–Trinajstić information content (AvgIpc) is 3.41. The van der Waals surface area contributed by atoms with Crippen molar-refractivity contribution in [2.24, 2.45) is 0 Å². The van der Waals surface area contributed by atoms with Crippen LogP contribution in [0.5, 0.6) is 11.5 Å². The largest absolute Gasteiger partial charge is 0.486 e. The SMILES string of the molecule is O=C1CC(c2ncnn2-c2ccc3c(c2)OCCO3)CN1C1CCCC1. The number of hydrogen-bond acceptors (Lipinski definition) is 5. The quantitative estimate of drug-likeness (QED) is 0.846. The van der Waals surface area contributed by atoms with E-state index in [1.165, 1.54) is 12.8 Å². The Kier molecular flexibility index (Phi) is 3.80. The zero-order valence-corrected chi connectivity index (χ0v) is 14.6. The number of ether oxygens (including phenoxy) is 2. The van der Waals surface area contributed by atoms with Gasteiger partial charge < -0.3 is 14.4 Å². The van der Waals surface area contributed by atoms with Crippen molar-refractivity contribution in [3.63, 3.8) is 0 Å². The fourth-order valence-corrected chi connectivity index (χ4v) is 4.36. The molecule has 2 aromatic rings. The molecule has 3 heterocycles. The molecule has 7 nitrogen and oxygen atoms in total. The summed E-state index contributed by atoms with van der Waals surface area (Å²) < 4.78 is 13.1. The van der Waals surface area contributed by atoms with Crippen molar-refractivity contribution >= 4 is 5.91 Å². The van der Waals surface area contributed by atoms with Crippen LogP contribution >= 0.6 is 0 Å². The summed E-state index contributed by atoms with van der Waals surface area (Å²) in [4.78, 5) is 19.1. The van der Waals surface area contributed by atoms with Gasteiger partial charge in [-0.25, -0.2) is 9.67 Å². The molecule has 2 aliphatic heterocycles. The molecule has 1 aromatic carbocycles. The van der Waals surface area contributed by atoms with Gasteiger partial charge in [0, 0.05) is 31.0 Å². The van der Waals surface area contributed by atoms with Crippen molar-refractivity contribution < 1.29 is 14.3 Å². The molecule has 3 aliphatic rings. The predicted octanol–water partition coefficient (Wildman–Crippen LogP) is 2.30. The summed E-state index contributed by atoms with van der Waals surface area (Å²) in [6.07, 6.45) is 6.80. The number of amides is 1. The molecule has 1 aliphatic carbocycles. The smallest absolute Gasteiger partial charge is 0.223 e. The van der Waals surface area contributed by atoms with E-state index in [0.29, 0.717) is 25.7 Å². The molecule has 1 aromatic heterocycles. The molecule has 1 saturated heterocycles. The summed E-state index contributed by atoms with van der Waals surface area (Å²) in [5.41, 5.74) is 0.883. The minimum Gasteiger partial charge on any atom is -0.486 e. The fraction of sp³-hybridized carbons (Fsp3) is 0.526. The number of fused-ring (bicyclic) bond motifs is 1. The van der Waals surface area contributed by atoms with Crippen molar-refractivity contribution in [1.29, 1.82) is 0 Å². The summed E-state index contributed by atoms with van der Waals surface area (Å²) in [6, 6.07) is 6.20. The highest BCUT2D eigenvalue weighted by Crippen LogP contribution is 2.36. The normalized spacial score (nSPS) is 23.0. The summed E-state index contributed by atoms with van der Waals surface area (Å²) in [5.74, 6) is 2.66. The van der Waals surface area contributed by atoms with E-state index in [1.807, 2.05) is 22.9 Å². The van der Waals surface area contributed by atoms with Gasteiger partial charge in [-0.15, -0.1) is 0 Å². The van der Waals surface area contributed by atoms with Crippen LogP contribution in [0.4, 0.5) is 0 Å². The molecule has 1 atom stereocenters. The maximum atomic E-state index is 12.5. The van der Waals surface area contributed by atoms with Gasteiger partial charge >= 0.3 is 0 Å². The van der Waals surface area contributed by atoms with E-state index in [2.05, 4.69) is 15.0 Å². The Morgan fingerprint density at radius 1 is 1.08 bits per heavy atom. The Hall–Kier alpha value is -2.57. The number of hydrogen-bond donors (Lipinski definition) is 0. The molecular formula is C19H22N4O3. The number of carbonyl (C=O) groups is 1. The lowest BCUT2D eigenvalue weighted by Gasteiger charge is -2.24. The standard InChI is InChI=1S/C19H22N4O3/c24-18-9-13(11-22(18)14-3-1-2-4-14)19-20-12-21-23(19)15-5-6-16-17(10-15)26-8-7-25-16/h5-6,10,12-14H,1-4,7-9,11H2. The van der Waals surface area contributed by atoms with Crippen molar-refractivity contribution in [2.45, 2.75) is 44.1 Å². The number of likely N-dealkylation sites (tertiary alicyclic amines) is 1. The van der Waals surface area contributed by atoms with E-state index in [9.17, 15) is 4.79 Å². The molecule has 1 unspecified atom stereocenters. The summed E-state index contributed by atoms with van der Waals surface area (Å²) in [6.45, 7) is 1.86. The Morgan fingerprint density at radius 2 is 1.88 bits per heavy atom. The van der Waals surface area contributed by atoms with Crippen molar-refractivity contribution in [3.05, 3.63) is 30.4 Å². The van der Waals surface area contributed by atoms with Crippen molar-refractivity contribution in [3.8, 4) is 17.2 Å². The Labute approximate surface area is 151 Å². The number of nitrogens with zero attached hydrogens (tertiary/aromatic N) is 4. The molecule has 1 amide bonds. The zero-order valence-electron chi connectivity index (χ0n) is 14.6. The predicted molar refractivity (Wildman–Crippen MR) is 93.7 cm³/mol. The second kappa shape index (κ2) is 6.30. The molecule has 5 rings (SSSR count). The first-order valence-corrected chi connectivity index (χ1v) is 9.39. The maximum Gasteiger partial charge on any atom is 0.223 e. The molecule has 0 bridgehead atoms. The van der Waals surface area contributed by atoms with E-state index in [-0.39, 0.29) is 11.8 Å².